The molecule has 2 rings (SSSR count). The molecule has 1 amide bonds. The Morgan fingerprint density at radius 2 is 2.32 bits per heavy atom. The van der Waals surface area contributed by atoms with Crippen molar-refractivity contribution in [2.45, 2.75) is 31.7 Å². The number of amides is 1. The minimum Gasteiger partial charge on any atom is -0.396 e. The van der Waals surface area contributed by atoms with E-state index >= 15 is 0 Å². The molecule has 0 radical (unpaired) electrons. The van der Waals surface area contributed by atoms with Crippen LogP contribution < -0.4 is 5.56 Å². The summed E-state index contributed by atoms with van der Waals surface area (Å²) < 4.78 is 1.45. The first kappa shape index (κ1) is 13.8. The second-order valence-electron chi connectivity index (χ2n) is 5.02. The van der Waals surface area contributed by atoms with E-state index in [4.69, 9.17) is 5.11 Å². The zero-order chi connectivity index (χ0) is 13.8. The Hall–Kier alpha value is -1.62. The maximum atomic E-state index is 12.4. The van der Waals surface area contributed by atoms with Crippen LogP contribution in [0, 0.1) is 0 Å². The van der Waals surface area contributed by atoms with E-state index in [9.17, 15) is 9.59 Å². The van der Waals surface area contributed by atoms with Crippen molar-refractivity contribution < 1.29 is 9.90 Å². The third-order valence-corrected chi connectivity index (χ3v) is 3.68. The highest BCUT2D eigenvalue weighted by atomic mass is 16.3. The van der Waals surface area contributed by atoms with E-state index in [0.717, 1.165) is 25.8 Å². The molecule has 1 unspecified atom stereocenters. The maximum Gasteiger partial charge on any atom is 0.254 e. The van der Waals surface area contributed by atoms with Gasteiger partial charge in [-0.05, 0) is 31.7 Å². The number of aromatic nitrogens is 1. The molecule has 1 fully saturated rings. The molecule has 2 heterocycles. The van der Waals surface area contributed by atoms with Crippen LogP contribution >= 0.6 is 0 Å². The molecule has 0 aliphatic carbocycles. The van der Waals surface area contributed by atoms with Gasteiger partial charge >= 0.3 is 0 Å². The molecular weight excluding hydrogens is 244 g/mol. The topological polar surface area (TPSA) is 62.5 Å². The van der Waals surface area contributed by atoms with Crippen LogP contribution in [0.4, 0.5) is 0 Å². The van der Waals surface area contributed by atoms with Crippen LogP contribution in [0.25, 0.3) is 0 Å². The first-order valence-corrected chi connectivity index (χ1v) is 6.72. The van der Waals surface area contributed by atoms with E-state index in [-0.39, 0.29) is 24.1 Å². The van der Waals surface area contributed by atoms with Crippen LogP contribution in [0.15, 0.2) is 23.1 Å². The number of pyridine rings is 1. The molecule has 1 aromatic heterocycles. The van der Waals surface area contributed by atoms with Crippen molar-refractivity contribution >= 4 is 5.91 Å². The molecule has 1 aromatic rings. The minimum absolute atomic E-state index is 0.0712. The summed E-state index contributed by atoms with van der Waals surface area (Å²) in [7, 11) is 1.66. The summed E-state index contributed by atoms with van der Waals surface area (Å²) in [6.45, 7) is 0.897. The van der Waals surface area contributed by atoms with Gasteiger partial charge in [-0.2, -0.15) is 0 Å². The molecule has 0 spiro atoms. The number of hydrogen-bond donors (Lipinski definition) is 1. The van der Waals surface area contributed by atoms with Crippen LogP contribution in [0.3, 0.4) is 0 Å². The van der Waals surface area contributed by atoms with Crippen molar-refractivity contribution in [2.24, 2.45) is 7.05 Å². The number of aliphatic hydroxyl groups is 1. The number of nitrogens with zero attached hydrogens (tertiary/aromatic N) is 2. The van der Waals surface area contributed by atoms with Gasteiger partial charge in [-0.3, -0.25) is 9.59 Å². The van der Waals surface area contributed by atoms with Gasteiger partial charge in [0.2, 0.25) is 0 Å². The predicted molar refractivity (Wildman–Crippen MR) is 72.1 cm³/mol. The second kappa shape index (κ2) is 6.02. The van der Waals surface area contributed by atoms with Gasteiger partial charge in [0.1, 0.15) is 0 Å². The van der Waals surface area contributed by atoms with Gasteiger partial charge in [0.05, 0.1) is 0 Å². The molecule has 104 valence electrons. The van der Waals surface area contributed by atoms with Gasteiger partial charge in [-0.15, -0.1) is 0 Å². The molecule has 1 saturated heterocycles. The number of aliphatic hydroxyl groups excluding tert-OH is 1. The lowest BCUT2D eigenvalue weighted by Gasteiger charge is -2.24. The summed E-state index contributed by atoms with van der Waals surface area (Å²) in [5.74, 6) is -0.0712. The summed E-state index contributed by atoms with van der Waals surface area (Å²) in [5, 5.41) is 8.89. The summed E-state index contributed by atoms with van der Waals surface area (Å²) in [4.78, 5) is 25.8. The average molecular weight is 264 g/mol. The van der Waals surface area contributed by atoms with Crippen molar-refractivity contribution in [1.82, 2.24) is 9.47 Å². The second-order valence-corrected chi connectivity index (χ2v) is 5.02. The molecule has 19 heavy (non-hydrogen) atoms. The molecule has 0 bridgehead atoms. The zero-order valence-electron chi connectivity index (χ0n) is 11.2. The number of carbonyl (C=O) groups is 1. The Morgan fingerprint density at radius 1 is 1.53 bits per heavy atom. The van der Waals surface area contributed by atoms with Crippen molar-refractivity contribution in [3.8, 4) is 0 Å². The maximum absolute atomic E-state index is 12.4. The van der Waals surface area contributed by atoms with E-state index in [2.05, 4.69) is 0 Å². The van der Waals surface area contributed by atoms with Gasteiger partial charge < -0.3 is 14.6 Å². The lowest BCUT2D eigenvalue weighted by Crippen LogP contribution is -2.36. The van der Waals surface area contributed by atoms with E-state index in [1.807, 2.05) is 4.90 Å². The molecular formula is C14H20N2O3. The largest absolute Gasteiger partial charge is 0.396 e. The molecule has 1 aliphatic rings. The number of rotatable bonds is 4. The Kier molecular flexibility index (Phi) is 4.37. The van der Waals surface area contributed by atoms with Crippen LogP contribution in [0.1, 0.15) is 36.0 Å². The van der Waals surface area contributed by atoms with E-state index in [1.165, 1.54) is 10.6 Å². The summed E-state index contributed by atoms with van der Waals surface area (Å²) in [6, 6.07) is 3.28. The molecule has 1 atom stereocenters. The van der Waals surface area contributed by atoms with Gasteiger partial charge in [0, 0.05) is 44.1 Å². The highest BCUT2D eigenvalue weighted by molar-refractivity contribution is 5.94. The first-order chi connectivity index (χ1) is 9.13. The monoisotopic (exact) mass is 264 g/mol. The first-order valence-electron chi connectivity index (χ1n) is 6.72. The van der Waals surface area contributed by atoms with Crippen molar-refractivity contribution in [1.29, 1.82) is 0 Å². The number of carbonyl (C=O) groups excluding carboxylic acids is 1. The number of aryl methyl sites for hydroxylation is 1. The van der Waals surface area contributed by atoms with Crippen LogP contribution in [0.2, 0.25) is 0 Å². The molecule has 5 nitrogen and oxygen atoms in total. The van der Waals surface area contributed by atoms with E-state index in [0.29, 0.717) is 12.0 Å². The molecule has 5 heteroatoms. The summed E-state index contributed by atoms with van der Waals surface area (Å²) in [6.07, 6.45) is 5.13. The third kappa shape index (κ3) is 3.04. The molecule has 1 aliphatic heterocycles. The fourth-order valence-corrected chi connectivity index (χ4v) is 2.58. The molecule has 0 aromatic carbocycles. The summed E-state index contributed by atoms with van der Waals surface area (Å²) >= 11 is 0. The van der Waals surface area contributed by atoms with Crippen LogP contribution in [-0.2, 0) is 7.05 Å². The van der Waals surface area contributed by atoms with Gasteiger partial charge in [-0.25, -0.2) is 0 Å². The Morgan fingerprint density at radius 3 is 3.00 bits per heavy atom. The smallest absolute Gasteiger partial charge is 0.254 e. The number of likely N-dealkylation sites (tertiary alicyclic amines) is 1. The molecule has 0 saturated carbocycles. The zero-order valence-corrected chi connectivity index (χ0v) is 11.2. The van der Waals surface area contributed by atoms with Crippen molar-refractivity contribution in [2.75, 3.05) is 13.2 Å². The third-order valence-electron chi connectivity index (χ3n) is 3.68. The van der Waals surface area contributed by atoms with E-state index in [1.54, 1.807) is 19.3 Å². The Labute approximate surface area is 112 Å². The van der Waals surface area contributed by atoms with Crippen molar-refractivity contribution in [3.05, 3.63) is 34.2 Å². The average Bonchev–Trinajstić information content (AvgIpc) is 2.87. The lowest BCUT2D eigenvalue weighted by atomic mass is 10.1. The van der Waals surface area contributed by atoms with E-state index < -0.39 is 0 Å². The minimum atomic E-state index is -0.169. The highest BCUT2D eigenvalue weighted by Gasteiger charge is 2.28. The van der Waals surface area contributed by atoms with Gasteiger partial charge in [0.25, 0.3) is 11.5 Å². The standard InChI is InChI=1S/C14H20N2O3/c1-15-8-6-11(10-13(15)18)14(19)16-7-2-4-12(16)5-3-9-17/h6,8,10,12,17H,2-5,7,9H2,1H3. The normalized spacial score (nSPS) is 18.8. The van der Waals surface area contributed by atoms with Crippen LogP contribution in [-0.4, -0.2) is 39.7 Å². The fraction of sp³-hybridized carbons (Fsp3) is 0.571. The Bertz CT molecular complexity index is 510. The Balaban J connectivity index is 2.13. The van der Waals surface area contributed by atoms with Gasteiger partial charge in [-0.1, -0.05) is 0 Å². The fourth-order valence-electron chi connectivity index (χ4n) is 2.58. The lowest BCUT2D eigenvalue weighted by molar-refractivity contribution is 0.0724. The summed E-state index contributed by atoms with van der Waals surface area (Å²) in [5.41, 5.74) is 0.288. The number of hydrogen-bond acceptors (Lipinski definition) is 3. The van der Waals surface area contributed by atoms with Crippen molar-refractivity contribution in [3.63, 3.8) is 0 Å². The van der Waals surface area contributed by atoms with Gasteiger partial charge in [0.15, 0.2) is 0 Å². The molecule has 1 N–H and O–H groups in total. The highest BCUT2D eigenvalue weighted by Crippen LogP contribution is 2.23. The SMILES string of the molecule is Cn1ccc(C(=O)N2CCCC2CCCO)cc1=O. The predicted octanol–water partition coefficient (Wildman–Crippen LogP) is 0.762. The quantitative estimate of drug-likeness (QED) is 0.873. The van der Waals surface area contributed by atoms with Crippen LogP contribution in [0.5, 0.6) is 0 Å².